The van der Waals surface area contributed by atoms with Crippen molar-refractivity contribution >= 4 is 7.12 Å². The third-order valence-electron chi connectivity index (χ3n) is 1.30. The van der Waals surface area contributed by atoms with Gasteiger partial charge in [-0.3, -0.25) is 0 Å². The normalized spacial score (nSPS) is 28.5. The fourth-order valence-corrected chi connectivity index (χ4v) is 0.838. The first-order valence-corrected chi connectivity index (χ1v) is 2.78. The van der Waals surface area contributed by atoms with Crippen molar-refractivity contribution in [3.8, 4) is 0 Å². The van der Waals surface area contributed by atoms with Crippen molar-refractivity contribution in [3.63, 3.8) is 0 Å². The van der Waals surface area contributed by atoms with E-state index in [2.05, 4.69) is 0 Å². The molecular weight excluding hydrogens is 107 g/mol. The minimum Gasteiger partial charge on any atom is -0.425 e. The van der Waals surface area contributed by atoms with E-state index in [4.69, 9.17) is 14.8 Å². The molecule has 1 fully saturated rings. The van der Waals surface area contributed by atoms with Crippen molar-refractivity contribution < 1.29 is 14.8 Å². The van der Waals surface area contributed by atoms with E-state index >= 15 is 0 Å². The lowest BCUT2D eigenvalue weighted by Crippen LogP contribution is -2.29. The molecule has 46 valence electrons. The Morgan fingerprint density at radius 1 is 1.50 bits per heavy atom. The molecule has 0 unspecified atom stereocenters. The van der Waals surface area contributed by atoms with Gasteiger partial charge in [0.25, 0.3) is 0 Å². The van der Waals surface area contributed by atoms with Gasteiger partial charge in [-0.1, -0.05) is 0 Å². The van der Waals surface area contributed by atoms with Crippen LogP contribution in [0.5, 0.6) is 0 Å². The standard InChI is InChI=1S/C4H9BO3/c6-5(7)4-2-1-3-8-4/h4,6-7H,1-3H2/t4-/m0/s1. The van der Waals surface area contributed by atoms with Gasteiger partial charge in [0.2, 0.25) is 0 Å². The fourth-order valence-electron chi connectivity index (χ4n) is 0.838. The van der Waals surface area contributed by atoms with E-state index in [9.17, 15) is 0 Å². The zero-order chi connectivity index (χ0) is 5.98. The molecule has 3 nitrogen and oxygen atoms in total. The maximum atomic E-state index is 8.48. The van der Waals surface area contributed by atoms with Crippen LogP contribution < -0.4 is 0 Å². The van der Waals surface area contributed by atoms with Crippen molar-refractivity contribution in [1.29, 1.82) is 0 Å². The van der Waals surface area contributed by atoms with E-state index in [0.717, 1.165) is 12.8 Å². The van der Waals surface area contributed by atoms with Crippen LogP contribution in [0.15, 0.2) is 0 Å². The molecule has 0 aromatic heterocycles. The van der Waals surface area contributed by atoms with Gasteiger partial charge >= 0.3 is 7.12 Å². The van der Waals surface area contributed by atoms with E-state index in [0.29, 0.717) is 6.61 Å². The van der Waals surface area contributed by atoms with Crippen LogP contribution in [0.25, 0.3) is 0 Å². The maximum Gasteiger partial charge on any atom is 0.482 e. The lowest BCUT2D eigenvalue weighted by molar-refractivity contribution is 0.135. The molecule has 1 heterocycles. The van der Waals surface area contributed by atoms with Crippen molar-refractivity contribution in [3.05, 3.63) is 0 Å². The van der Waals surface area contributed by atoms with Crippen molar-refractivity contribution in [2.45, 2.75) is 18.8 Å². The van der Waals surface area contributed by atoms with Gasteiger partial charge in [-0.2, -0.15) is 0 Å². The number of rotatable bonds is 1. The minimum atomic E-state index is -1.28. The summed E-state index contributed by atoms with van der Waals surface area (Å²) in [7, 11) is -1.28. The van der Waals surface area contributed by atoms with Crippen molar-refractivity contribution in [2.75, 3.05) is 6.61 Å². The van der Waals surface area contributed by atoms with Crippen LogP contribution in [-0.4, -0.2) is 29.8 Å². The van der Waals surface area contributed by atoms with Gasteiger partial charge in [0, 0.05) is 6.61 Å². The fraction of sp³-hybridized carbons (Fsp3) is 1.00. The largest absolute Gasteiger partial charge is 0.482 e. The smallest absolute Gasteiger partial charge is 0.425 e. The molecule has 0 aromatic rings. The van der Waals surface area contributed by atoms with Gasteiger partial charge in [0.1, 0.15) is 0 Å². The van der Waals surface area contributed by atoms with Crippen LogP contribution in [-0.2, 0) is 4.74 Å². The maximum absolute atomic E-state index is 8.48. The summed E-state index contributed by atoms with van der Waals surface area (Å²) in [6.07, 6.45) is 1.72. The molecule has 1 aliphatic heterocycles. The molecule has 1 aliphatic rings. The Hall–Kier alpha value is -0.0551. The average Bonchev–Trinajstić information content (AvgIpc) is 2.12. The lowest BCUT2D eigenvalue weighted by Gasteiger charge is -2.04. The Bertz CT molecular complexity index is 69.7. The number of ether oxygens (including phenoxy) is 1. The zero-order valence-electron chi connectivity index (χ0n) is 4.58. The van der Waals surface area contributed by atoms with Crippen LogP contribution >= 0.6 is 0 Å². The second-order valence-electron chi connectivity index (χ2n) is 1.97. The van der Waals surface area contributed by atoms with Gasteiger partial charge in [0.15, 0.2) is 0 Å². The summed E-state index contributed by atoms with van der Waals surface area (Å²) in [5.41, 5.74) is 0. The summed E-state index contributed by atoms with van der Waals surface area (Å²) >= 11 is 0. The zero-order valence-corrected chi connectivity index (χ0v) is 4.58. The molecule has 8 heavy (non-hydrogen) atoms. The molecule has 0 radical (unpaired) electrons. The molecule has 2 N–H and O–H groups in total. The molecule has 0 aromatic carbocycles. The Morgan fingerprint density at radius 2 is 2.25 bits per heavy atom. The van der Waals surface area contributed by atoms with Gasteiger partial charge < -0.3 is 14.8 Å². The highest BCUT2D eigenvalue weighted by Gasteiger charge is 2.27. The third kappa shape index (κ3) is 1.21. The topological polar surface area (TPSA) is 49.7 Å². The van der Waals surface area contributed by atoms with Crippen LogP contribution in [0.2, 0.25) is 0 Å². The van der Waals surface area contributed by atoms with Crippen LogP contribution in [0.3, 0.4) is 0 Å². The first-order valence-electron chi connectivity index (χ1n) is 2.78. The van der Waals surface area contributed by atoms with Crippen LogP contribution in [0.1, 0.15) is 12.8 Å². The summed E-state index contributed by atoms with van der Waals surface area (Å²) in [4.78, 5) is 0. The highest BCUT2D eigenvalue weighted by Crippen LogP contribution is 2.11. The third-order valence-corrected chi connectivity index (χ3v) is 1.30. The van der Waals surface area contributed by atoms with Crippen LogP contribution in [0.4, 0.5) is 0 Å². The predicted molar refractivity (Wildman–Crippen MR) is 29.2 cm³/mol. The molecule has 0 amide bonds. The quantitative estimate of drug-likeness (QED) is 0.440. The molecule has 0 saturated carbocycles. The van der Waals surface area contributed by atoms with E-state index < -0.39 is 7.12 Å². The number of hydrogen-bond acceptors (Lipinski definition) is 3. The molecular formula is C4H9BO3. The van der Waals surface area contributed by atoms with Gasteiger partial charge in [-0.05, 0) is 12.8 Å². The molecule has 0 aliphatic carbocycles. The molecule has 0 bridgehead atoms. The Balaban J connectivity index is 2.24. The second-order valence-corrected chi connectivity index (χ2v) is 1.97. The first-order chi connectivity index (χ1) is 3.80. The van der Waals surface area contributed by atoms with Gasteiger partial charge in [0.05, 0.1) is 6.00 Å². The first kappa shape index (κ1) is 6.07. The Kier molecular flexibility index (Phi) is 1.88. The summed E-state index contributed by atoms with van der Waals surface area (Å²) in [6, 6.07) is -0.324. The molecule has 4 heteroatoms. The predicted octanol–water partition coefficient (Wildman–Crippen LogP) is -0.823. The van der Waals surface area contributed by atoms with E-state index in [1.807, 2.05) is 0 Å². The van der Waals surface area contributed by atoms with E-state index in [1.54, 1.807) is 0 Å². The summed E-state index contributed by atoms with van der Waals surface area (Å²) < 4.78 is 4.91. The molecule has 1 atom stereocenters. The summed E-state index contributed by atoms with van der Waals surface area (Å²) in [5.74, 6) is 0. The van der Waals surface area contributed by atoms with Crippen LogP contribution in [0, 0.1) is 0 Å². The average molecular weight is 116 g/mol. The summed E-state index contributed by atoms with van der Waals surface area (Å²) in [6.45, 7) is 0.669. The second kappa shape index (κ2) is 2.48. The SMILES string of the molecule is OB(O)[C@@H]1CCCO1. The van der Waals surface area contributed by atoms with E-state index in [1.165, 1.54) is 0 Å². The monoisotopic (exact) mass is 116 g/mol. The van der Waals surface area contributed by atoms with Crippen molar-refractivity contribution in [2.24, 2.45) is 0 Å². The highest BCUT2D eigenvalue weighted by molar-refractivity contribution is 6.42. The Labute approximate surface area is 48.4 Å². The minimum absolute atomic E-state index is 0.324. The lowest BCUT2D eigenvalue weighted by atomic mass is 9.81. The van der Waals surface area contributed by atoms with Gasteiger partial charge in [-0.25, -0.2) is 0 Å². The van der Waals surface area contributed by atoms with E-state index in [-0.39, 0.29) is 6.00 Å². The molecule has 0 spiro atoms. The van der Waals surface area contributed by atoms with Gasteiger partial charge in [-0.15, -0.1) is 0 Å². The highest BCUT2D eigenvalue weighted by atomic mass is 16.5. The summed E-state index contributed by atoms with van der Waals surface area (Å²) in [5, 5.41) is 17.0. The molecule has 1 saturated heterocycles. The Morgan fingerprint density at radius 3 is 2.50 bits per heavy atom. The van der Waals surface area contributed by atoms with Crippen molar-refractivity contribution in [1.82, 2.24) is 0 Å². The molecule has 1 rings (SSSR count). The number of hydrogen-bond donors (Lipinski definition) is 2.